The SMILES string of the molecule is CCCN1CCOC(CNC)C1c1ccc2c(c1)CCO2. The van der Waals surface area contributed by atoms with Gasteiger partial charge in [0, 0.05) is 19.5 Å². The van der Waals surface area contributed by atoms with Crippen molar-refractivity contribution in [1.82, 2.24) is 10.2 Å². The highest BCUT2D eigenvalue weighted by Crippen LogP contribution is 2.34. The van der Waals surface area contributed by atoms with Crippen LogP contribution in [0.15, 0.2) is 18.2 Å². The number of fused-ring (bicyclic) bond motifs is 1. The molecule has 1 N–H and O–H groups in total. The van der Waals surface area contributed by atoms with Gasteiger partial charge < -0.3 is 14.8 Å². The fourth-order valence-electron chi connectivity index (χ4n) is 3.51. The summed E-state index contributed by atoms with van der Waals surface area (Å²) in [4.78, 5) is 2.57. The van der Waals surface area contributed by atoms with Gasteiger partial charge in [-0.1, -0.05) is 19.1 Å². The van der Waals surface area contributed by atoms with Crippen molar-refractivity contribution in [3.05, 3.63) is 29.3 Å². The van der Waals surface area contributed by atoms with E-state index in [1.807, 2.05) is 7.05 Å². The molecule has 1 fully saturated rings. The number of likely N-dealkylation sites (N-methyl/N-ethyl adjacent to an activating group) is 1. The Balaban J connectivity index is 1.88. The van der Waals surface area contributed by atoms with E-state index in [4.69, 9.17) is 9.47 Å². The second kappa shape index (κ2) is 6.77. The van der Waals surface area contributed by atoms with Crippen LogP contribution in [0.2, 0.25) is 0 Å². The lowest BCUT2D eigenvalue weighted by atomic mass is 9.95. The summed E-state index contributed by atoms with van der Waals surface area (Å²) in [5, 5.41) is 3.28. The zero-order valence-electron chi connectivity index (χ0n) is 13.1. The van der Waals surface area contributed by atoms with Crippen LogP contribution in [0.1, 0.15) is 30.5 Å². The van der Waals surface area contributed by atoms with Gasteiger partial charge in [-0.05, 0) is 37.2 Å². The van der Waals surface area contributed by atoms with E-state index >= 15 is 0 Å². The molecule has 0 amide bonds. The van der Waals surface area contributed by atoms with Gasteiger partial charge >= 0.3 is 0 Å². The summed E-state index contributed by atoms with van der Waals surface area (Å²) in [5.74, 6) is 1.06. The highest BCUT2D eigenvalue weighted by atomic mass is 16.5. The van der Waals surface area contributed by atoms with Crippen molar-refractivity contribution in [2.45, 2.75) is 31.9 Å². The van der Waals surface area contributed by atoms with E-state index in [0.717, 1.165) is 45.0 Å². The summed E-state index contributed by atoms with van der Waals surface area (Å²) in [6.07, 6.45) is 2.42. The van der Waals surface area contributed by atoms with Gasteiger partial charge in [-0.3, -0.25) is 4.90 Å². The molecule has 0 spiro atoms. The first-order valence-electron chi connectivity index (χ1n) is 8.09. The molecule has 4 nitrogen and oxygen atoms in total. The molecule has 0 aromatic heterocycles. The van der Waals surface area contributed by atoms with Gasteiger partial charge in [0.05, 0.1) is 25.4 Å². The van der Waals surface area contributed by atoms with Crippen molar-refractivity contribution in [1.29, 1.82) is 0 Å². The van der Waals surface area contributed by atoms with Crippen molar-refractivity contribution in [2.24, 2.45) is 0 Å². The Morgan fingerprint density at radius 1 is 1.33 bits per heavy atom. The molecule has 0 bridgehead atoms. The Morgan fingerprint density at radius 3 is 3.05 bits per heavy atom. The lowest BCUT2D eigenvalue weighted by molar-refractivity contribution is -0.0704. The van der Waals surface area contributed by atoms with Gasteiger partial charge in [0.15, 0.2) is 0 Å². The first kappa shape index (κ1) is 14.8. The van der Waals surface area contributed by atoms with Gasteiger partial charge in [0.25, 0.3) is 0 Å². The molecule has 1 saturated heterocycles. The molecule has 3 rings (SSSR count). The highest BCUT2D eigenvalue weighted by Gasteiger charge is 2.33. The fourth-order valence-corrected chi connectivity index (χ4v) is 3.51. The average Bonchev–Trinajstić information content (AvgIpc) is 2.95. The molecule has 0 aliphatic carbocycles. The number of hydrogen-bond acceptors (Lipinski definition) is 4. The predicted octanol–water partition coefficient (Wildman–Crippen LogP) is 1.99. The second-order valence-corrected chi connectivity index (χ2v) is 5.91. The lowest BCUT2D eigenvalue weighted by Gasteiger charge is -2.41. The van der Waals surface area contributed by atoms with Crippen LogP contribution in [0.4, 0.5) is 0 Å². The minimum atomic E-state index is 0.218. The Labute approximate surface area is 127 Å². The third kappa shape index (κ3) is 3.07. The molecular weight excluding hydrogens is 264 g/mol. The number of ether oxygens (including phenoxy) is 2. The standard InChI is InChI=1S/C17H26N2O2/c1-3-7-19-8-10-21-16(12-18-2)17(19)14-4-5-15-13(11-14)6-9-20-15/h4-5,11,16-18H,3,6-10,12H2,1-2H3. The van der Waals surface area contributed by atoms with Crippen molar-refractivity contribution in [3.8, 4) is 5.75 Å². The minimum absolute atomic E-state index is 0.218. The van der Waals surface area contributed by atoms with Crippen molar-refractivity contribution in [2.75, 3.05) is 39.9 Å². The molecule has 0 radical (unpaired) electrons. The summed E-state index contributed by atoms with van der Waals surface area (Å²) in [7, 11) is 2.00. The third-order valence-electron chi connectivity index (χ3n) is 4.43. The van der Waals surface area contributed by atoms with E-state index in [0.29, 0.717) is 6.04 Å². The summed E-state index contributed by atoms with van der Waals surface area (Å²) in [6, 6.07) is 7.02. The molecule has 2 unspecified atom stereocenters. The second-order valence-electron chi connectivity index (χ2n) is 5.91. The van der Waals surface area contributed by atoms with Crippen molar-refractivity contribution >= 4 is 0 Å². The molecule has 21 heavy (non-hydrogen) atoms. The van der Waals surface area contributed by atoms with Crippen LogP contribution in [-0.2, 0) is 11.2 Å². The zero-order chi connectivity index (χ0) is 14.7. The molecule has 2 heterocycles. The molecule has 116 valence electrons. The largest absolute Gasteiger partial charge is 0.493 e. The van der Waals surface area contributed by atoms with E-state index in [2.05, 4.69) is 35.3 Å². The molecular formula is C17H26N2O2. The summed E-state index contributed by atoms with van der Waals surface area (Å²) in [6.45, 7) is 6.93. The Hall–Kier alpha value is -1.10. The first-order valence-corrected chi connectivity index (χ1v) is 8.09. The normalized spacial score (nSPS) is 25.6. The Bertz CT molecular complexity index is 460. The van der Waals surface area contributed by atoms with Crippen LogP contribution < -0.4 is 10.1 Å². The van der Waals surface area contributed by atoms with E-state index in [1.54, 1.807) is 0 Å². The quantitative estimate of drug-likeness (QED) is 0.899. The molecule has 1 aromatic carbocycles. The molecule has 0 saturated carbocycles. The monoisotopic (exact) mass is 290 g/mol. The van der Waals surface area contributed by atoms with Gasteiger partial charge in [0.2, 0.25) is 0 Å². The summed E-state index contributed by atoms with van der Waals surface area (Å²) >= 11 is 0. The van der Waals surface area contributed by atoms with Gasteiger partial charge in [0.1, 0.15) is 5.75 Å². The van der Waals surface area contributed by atoms with Crippen molar-refractivity contribution < 1.29 is 9.47 Å². The molecule has 2 aliphatic rings. The maximum atomic E-state index is 6.05. The number of morpholine rings is 1. The van der Waals surface area contributed by atoms with Crippen LogP contribution in [0.25, 0.3) is 0 Å². The molecule has 2 atom stereocenters. The number of nitrogens with one attached hydrogen (secondary N) is 1. The van der Waals surface area contributed by atoms with E-state index in [9.17, 15) is 0 Å². The maximum absolute atomic E-state index is 6.05. The van der Waals surface area contributed by atoms with Crippen LogP contribution in [0.5, 0.6) is 5.75 Å². The summed E-state index contributed by atoms with van der Waals surface area (Å²) < 4.78 is 11.7. The van der Waals surface area contributed by atoms with Gasteiger partial charge in [-0.2, -0.15) is 0 Å². The number of nitrogens with zero attached hydrogens (tertiary/aromatic N) is 1. The first-order chi connectivity index (χ1) is 10.3. The number of hydrogen-bond donors (Lipinski definition) is 1. The van der Waals surface area contributed by atoms with Gasteiger partial charge in [-0.25, -0.2) is 0 Å². The van der Waals surface area contributed by atoms with Crippen LogP contribution in [-0.4, -0.2) is 50.9 Å². The molecule has 1 aromatic rings. The Kier molecular flexibility index (Phi) is 4.78. The van der Waals surface area contributed by atoms with Gasteiger partial charge in [-0.15, -0.1) is 0 Å². The van der Waals surface area contributed by atoms with E-state index in [-0.39, 0.29) is 6.10 Å². The summed E-state index contributed by atoms with van der Waals surface area (Å²) in [5.41, 5.74) is 2.71. The minimum Gasteiger partial charge on any atom is -0.493 e. The van der Waals surface area contributed by atoms with Crippen molar-refractivity contribution in [3.63, 3.8) is 0 Å². The maximum Gasteiger partial charge on any atom is 0.122 e. The number of rotatable bonds is 5. The highest BCUT2D eigenvalue weighted by molar-refractivity contribution is 5.41. The Morgan fingerprint density at radius 2 is 2.24 bits per heavy atom. The van der Waals surface area contributed by atoms with Crippen LogP contribution in [0, 0.1) is 0 Å². The van der Waals surface area contributed by atoms with E-state index in [1.165, 1.54) is 17.5 Å². The van der Waals surface area contributed by atoms with E-state index < -0.39 is 0 Å². The lowest BCUT2D eigenvalue weighted by Crippen LogP contribution is -2.48. The third-order valence-corrected chi connectivity index (χ3v) is 4.43. The van der Waals surface area contributed by atoms with Crippen LogP contribution in [0.3, 0.4) is 0 Å². The fraction of sp³-hybridized carbons (Fsp3) is 0.647. The topological polar surface area (TPSA) is 33.7 Å². The smallest absolute Gasteiger partial charge is 0.122 e. The molecule has 4 heteroatoms. The van der Waals surface area contributed by atoms with Crippen LogP contribution >= 0.6 is 0 Å². The molecule has 2 aliphatic heterocycles. The zero-order valence-corrected chi connectivity index (χ0v) is 13.1. The number of benzene rings is 1. The predicted molar refractivity (Wildman–Crippen MR) is 83.9 cm³/mol. The average molecular weight is 290 g/mol.